The normalized spacial score (nSPS) is 15.0. The van der Waals surface area contributed by atoms with Gasteiger partial charge in [0.15, 0.2) is 0 Å². The number of hydrogen-bond donors (Lipinski definition) is 0. The van der Waals surface area contributed by atoms with Crippen LogP contribution in [0.15, 0.2) is 36.5 Å². The lowest BCUT2D eigenvalue weighted by atomic mass is 10.2. The van der Waals surface area contributed by atoms with Gasteiger partial charge in [-0.15, -0.1) is 0 Å². The van der Waals surface area contributed by atoms with Crippen LogP contribution in [0, 0.1) is 10.1 Å². The van der Waals surface area contributed by atoms with Gasteiger partial charge in [0, 0.05) is 25.2 Å². The van der Waals surface area contributed by atoms with Crippen LogP contribution in [-0.2, 0) is 13.1 Å². The smallest absolute Gasteiger partial charge is 0.389 e. The van der Waals surface area contributed by atoms with Crippen molar-refractivity contribution in [2.45, 2.75) is 13.1 Å². The van der Waals surface area contributed by atoms with Gasteiger partial charge in [0.05, 0.1) is 23.9 Å². The zero-order chi connectivity index (χ0) is 14.7. The molecule has 0 radical (unpaired) electrons. The summed E-state index contributed by atoms with van der Waals surface area (Å²) in [7, 11) is 0. The van der Waals surface area contributed by atoms with Crippen molar-refractivity contribution in [1.29, 1.82) is 0 Å². The zero-order valence-electron chi connectivity index (χ0n) is 11.5. The first-order valence-corrected chi connectivity index (χ1v) is 6.83. The molecule has 0 bridgehead atoms. The molecular formula is C14H16N4O3. The van der Waals surface area contributed by atoms with Crippen LogP contribution in [0.4, 0.5) is 5.82 Å². The molecule has 2 heterocycles. The summed E-state index contributed by atoms with van der Waals surface area (Å²) in [4.78, 5) is 12.4. The first-order chi connectivity index (χ1) is 10.2. The fraction of sp³-hybridized carbons (Fsp3) is 0.357. The largest absolute Gasteiger partial charge is 0.492 e. The third kappa shape index (κ3) is 3.19. The number of rotatable bonds is 4. The van der Waals surface area contributed by atoms with Crippen molar-refractivity contribution in [2.75, 3.05) is 19.7 Å². The van der Waals surface area contributed by atoms with Gasteiger partial charge in [0.2, 0.25) is 0 Å². The lowest BCUT2D eigenvalue weighted by Crippen LogP contribution is -2.29. The first-order valence-electron chi connectivity index (χ1n) is 6.83. The molecule has 0 fully saturated rings. The second-order valence-corrected chi connectivity index (χ2v) is 4.93. The monoisotopic (exact) mass is 288 g/mol. The minimum absolute atomic E-state index is 0.112. The van der Waals surface area contributed by atoms with Crippen LogP contribution in [0.25, 0.3) is 0 Å². The van der Waals surface area contributed by atoms with Gasteiger partial charge in [0.1, 0.15) is 12.4 Å². The standard InChI is InChI=1S/C14H16N4O3/c19-18(20)14-5-6-17(15-14)8-7-16-9-10-21-13-4-2-1-3-12(13)11-16/h1-6H,7-11H2. The van der Waals surface area contributed by atoms with Crippen molar-refractivity contribution in [3.8, 4) is 5.75 Å². The fourth-order valence-corrected chi connectivity index (χ4v) is 2.39. The van der Waals surface area contributed by atoms with E-state index in [1.54, 1.807) is 10.9 Å². The van der Waals surface area contributed by atoms with Gasteiger partial charge in [-0.3, -0.25) is 4.90 Å². The molecular weight excluding hydrogens is 272 g/mol. The summed E-state index contributed by atoms with van der Waals surface area (Å²) in [6.45, 7) is 3.69. The number of para-hydroxylation sites is 1. The molecule has 1 aliphatic heterocycles. The van der Waals surface area contributed by atoms with Crippen LogP contribution in [0.2, 0.25) is 0 Å². The van der Waals surface area contributed by atoms with Crippen molar-refractivity contribution in [3.05, 3.63) is 52.2 Å². The van der Waals surface area contributed by atoms with Gasteiger partial charge in [-0.2, -0.15) is 4.68 Å². The van der Waals surface area contributed by atoms with Gasteiger partial charge >= 0.3 is 5.82 Å². The third-order valence-corrected chi connectivity index (χ3v) is 3.49. The Morgan fingerprint density at radius 3 is 2.95 bits per heavy atom. The van der Waals surface area contributed by atoms with E-state index in [2.05, 4.69) is 16.1 Å². The molecule has 0 aliphatic carbocycles. The van der Waals surface area contributed by atoms with Crippen LogP contribution in [0.1, 0.15) is 5.56 Å². The van der Waals surface area contributed by atoms with Crippen LogP contribution >= 0.6 is 0 Å². The molecule has 7 nitrogen and oxygen atoms in total. The third-order valence-electron chi connectivity index (χ3n) is 3.49. The van der Waals surface area contributed by atoms with Crippen molar-refractivity contribution < 1.29 is 9.66 Å². The highest BCUT2D eigenvalue weighted by atomic mass is 16.6. The maximum absolute atomic E-state index is 10.6. The molecule has 7 heteroatoms. The minimum atomic E-state index is -0.480. The number of benzene rings is 1. The Morgan fingerprint density at radius 2 is 2.14 bits per heavy atom. The molecule has 0 spiro atoms. The second kappa shape index (κ2) is 5.92. The summed E-state index contributed by atoms with van der Waals surface area (Å²) in [5, 5.41) is 14.5. The molecule has 0 saturated heterocycles. The molecule has 3 rings (SSSR count). The van der Waals surface area contributed by atoms with E-state index in [1.165, 1.54) is 11.6 Å². The second-order valence-electron chi connectivity index (χ2n) is 4.93. The topological polar surface area (TPSA) is 73.4 Å². The molecule has 1 aliphatic rings. The molecule has 1 aromatic carbocycles. The van der Waals surface area contributed by atoms with Crippen LogP contribution < -0.4 is 4.74 Å². The van der Waals surface area contributed by atoms with E-state index < -0.39 is 4.92 Å². The van der Waals surface area contributed by atoms with Gasteiger partial charge < -0.3 is 14.9 Å². The predicted octanol–water partition coefficient (Wildman–Crippen LogP) is 1.69. The van der Waals surface area contributed by atoms with E-state index in [0.29, 0.717) is 13.2 Å². The minimum Gasteiger partial charge on any atom is -0.492 e. The summed E-state index contributed by atoms with van der Waals surface area (Å²) in [5.74, 6) is 0.828. The zero-order valence-corrected chi connectivity index (χ0v) is 11.5. The maximum Gasteiger partial charge on any atom is 0.389 e. The lowest BCUT2D eigenvalue weighted by molar-refractivity contribution is -0.389. The van der Waals surface area contributed by atoms with Crippen molar-refractivity contribution >= 4 is 5.82 Å². The quantitative estimate of drug-likeness (QED) is 0.632. The molecule has 21 heavy (non-hydrogen) atoms. The Labute approximate surface area is 121 Å². The first kappa shape index (κ1) is 13.6. The number of nitro groups is 1. The number of aromatic nitrogens is 2. The van der Waals surface area contributed by atoms with Gasteiger partial charge in [0.25, 0.3) is 0 Å². The molecule has 0 N–H and O–H groups in total. The van der Waals surface area contributed by atoms with E-state index in [4.69, 9.17) is 4.74 Å². The van der Waals surface area contributed by atoms with E-state index in [-0.39, 0.29) is 5.82 Å². The summed E-state index contributed by atoms with van der Waals surface area (Å²) >= 11 is 0. The van der Waals surface area contributed by atoms with E-state index in [0.717, 1.165) is 25.4 Å². The summed E-state index contributed by atoms with van der Waals surface area (Å²) < 4.78 is 7.32. The summed E-state index contributed by atoms with van der Waals surface area (Å²) in [6.07, 6.45) is 1.64. The van der Waals surface area contributed by atoms with Gasteiger partial charge in [-0.05, 0) is 11.0 Å². The average Bonchev–Trinajstić information content (AvgIpc) is 2.86. The highest BCUT2D eigenvalue weighted by Gasteiger charge is 2.16. The average molecular weight is 288 g/mol. The highest BCUT2D eigenvalue weighted by molar-refractivity contribution is 5.33. The summed E-state index contributed by atoms with van der Waals surface area (Å²) in [5.41, 5.74) is 1.17. The Balaban J connectivity index is 1.61. The SMILES string of the molecule is O=[N+]([O-])c1ccn(CCN2CCOc3ccccc3C2)n1. The Hall–Kier alpha value is -2.41. The number of hydrogen-bond acceptors (Lipinski definition) is 5. The van der Waals surface area contributed by atoms with E-state index in [9.17, 15) is 10.1 Å². The Morgan fingerprint density at radius 1 is 1.29 bits per heavy atom. The Bertz CT molecular complexity index is 641. The lowest BCUT2D eigenvalue weighted by Gasteiger charge is -2.18. The van der Waals surface area contributed by atoms with E-state index >= 15 is 0 Å². The highest BCUT2D eigenvalue weighted by Crippen LogP contribution is 2.22. The molecule has 110 valence electrons. The fourth-order valence-electron chi connectivity index (χ4n) is 2.39. The molecule has 2 aromatic rings. The van der Waals surface area contributed by atoms with Crippen molar-refractivity contribution in [3.63, 3.8) is 0 Å². The van der Waals surface area contributed by atoms with E-state index in [1.807, 2.05) is 18.2 Å². The van der Waals surface area contributed by atoms with Crippen molar-refractivity contribution in [2.24, 2.45) is 0 Å². The number of ether oxygens (including phenoxy) is 1. The summed E-state index contributed by atoms with van der Waals surface area (Å²) in [6, 6.07) is 9.43. The number of nitrogens with zero attached hydrogens (tertiary/aromatic N) is 4. The van der Waals surface area contributed by atoms with Gasteiger partial charge in [-0.25, -0.2) is 0 Å². The Kier molecular flexibility index (Phi) is 3.83. The van der Waals surface area contributed by atoms with Crippen LogP contribution in [-0.4, -0.2) is 39.3 Å². The van der Waals surface area contributed by atoms with Crippen LogP contribution in [0.3, 0.4) is 0 Å². The molecule has 0 atom stereocenters. The molecule has 0 amide bonds. The maximum atomic E-state index is 10.6. The van der Waals surface area contributed by atoms with Crippen molar-refractivity contribution in [1.82, 2.24) is 14.7 Å². The molecule has 0 unspecified atom stereocenters. The molecule has 0 saturated carbocycles. The van der Waals surface area contributed by atoms with Gasteiger partial charge in [-0.1, -0.05) is 18.2 Å². The number of fused-ring (bicyclic) bond motifs is 1. The van der Waals surface area contributed by atoms with Crippen LogP contribution in [0.5, 0.6) is 5.75 Å². The molecule has 1 aromatic heterocycles. The predicted molar refractivity (Wildman–Crippen MR) is 76.1 cm³/mol.